The number of aliphatic hydroxyl groups is 1. The molecule has 19 heavy (non-hydrogen) atoms. The molecule has 0 spiro atoms. The van der Waals surface area contributed by atoms with Crippen molar-refractivity contribution in [2.45, 2.75) is 25.0 Å². The fourth-order valence-electron chi connectivity index (χ4n) is 2.50. The van der Waals surface area contributed by atoms with Crippen LogP contribution < -0.4 is 0 Å². The van der Waals surface area contributed by atoms with Crippen molar-refractivity contribution < 1.29 is 19.4 Å². The summed E-state index contributed by atoms with van der Waals surface area (Å²) in [7, 11) is 1.28. The normalized spacial score (nSPS) is 26.3. The van der Waals surface area contributed by atoms with E-state index >= 15 is 0 Å². The molecule has 1 heterocycles. The summed E-state index contributed by atoms with van der Waals surface area (Å²) >= 11 is 0. The summed E-state index contributed by atoms with van der Waals surface area (Å²) in [4.78, 5) is 25.7. The average molecular weight is 263 g/mol. The Kier molecular flexibility index (Phi) is 3.57. The third-order valence-corrected chi connectivity index (χ3v) is 3.51. The van der Waals surface area contributed by atoms with Crippen LogP contribution in [0, 0.1) is 0 Å². The minimum Gasteiger partial charge on any atom is -0.467 e. The van der Waals surface area contributed by atoms with E-state index in [9.17, 15) is 14.7 Å². The zero-order chi connectivity index (χ0) is 14.0. The SMILES string of the molecule is COC(=O)C1(C)C[C@@H](O)CN1C(=O)c1ccccc1. The quantitative estimate of drug-likeness (QED) is 0.802. The number of esters is 1. The van der Waals surface area contributed by atoms with Gasteiger partial charge in [-0.15, -0.1) is 0 Å². The Morgan fingerprint density at radius 1 is 1.37 bits per heavy atom. The summed E-state index contributed by atoms with van der Waals surface area (Å²) in [6.07, 6.45) is -0.519. The van der Waals surface area contributed by atoms with Crippen LogP contribution in [0.3, 0.4) is 0 Å². The Morgan fingerprint density at radius 3 is 2.58 bits per heavy atom. The smallest absolute Gasteiger partial charge is 0.331 e. The van der Waals surface area contributed by atoms with Crippen LogP contribution in [-0.2, 0) is 9.53 Å². The molecule has 1 aromatic carbocycles. The average Bonchev–Trinajstić information content (AvgIpc) is 2.74. The van der Waals surface area contributed by atoms with Crippen molar-refractivity contribution in [2.24, 2.45) is 0 Å². The number of hydrogen-bond donors (Lipinski definition) is 1. The number of nitrogens with zero attached hydrogens (tertiary/aromatic N) is 1. The fraction of sp³-hybridized carbons (Fsp3) is 0.429. The summed E-state index contributed by atoms with van der Waals surface area (Å²) in [6.45, 7) is 1.76. The van der Waals surface area contributed by atoms with E-state index in [4.69, 9.17) is 4.74 Å². The number of rotatable bonds is 2. The Balaban J connectivity index is 2.32. The molecule has 2 rings (SSSR count). The number of likely N-dealkylation sites (tertiary alicyclic amines) is 1. The molecule has 0 aromatic heterocycles. The monoisotopic (exact) mass is 263 g/mol. The Morgan fingerprint density at radius 2 is 2.00 bits per heavy atom. The number of carbonyl (C=O) groups is 2. The highest BCUT2D eigenvalue weighted by Crippen LogP contribution is 2.31. The van der Waals surface area contributed by atoms with Gasteiger partial charge in [-0.3, -0.25) is 4.79 Å². The first kappa shape index (κ1) is 13.5. The van der Waals surface area contributed by atoms with Crippen molar-refractivity contribution in [1.29, 1.82) is 0 Å². The van der Waals surface area contributed by atoms with E-state index in [-0.39, 0.29) is 18.9 Å². The van der Waals surface area contributed by atoms with E-state index in [1.54, 1.807) is 31.2 Å². The zero-order valence-corrected chi connectivity index (χ0v) is 11.0. The van der Waals surface area contributed by atoms with Crippen LogP contribution in [0.4, 0.5) is 0 Å². The molecule has 1 fully saturated rings. The van der Waals surface area contributed by atoms with Crippen LogP contribution in [0.2, 0.25) is 0 Å². The fourth-order valence-corrected chi connectivity index (χ4v) is 2.50. The van der Waals surface area contributed by atoms with E-state index < -0.39 is 17.6 Å². The lowest BCUT2D eigenvalue weighted by Gasteiger charge is -2.32. The van der Waals surface area contributed by atoms with E-state index in [1.807, 2.05) is 6.07 Å². The highest BCUT2D eigenvalue weighted by Gasteiger charge is 2.50. The molecule has 5 nitrogen and oxygen atoms in total. The lowest BCUT2D eigenvalue weighted by Crippen LogP contribution is -2.51. The van der Waals surface area contributed by atoms with Crippen LogP contribution in [0.5, 0.6) is 0 Å². The van der Waals surface area contributed by atoms with Gasteiger partial charge >= 0.3 is 5.97 Å². The molecule has 1 unspecified atom stereocenters. The number of β-amino-alcohol motifs (C(OH)–C–C–N with tert-alkyl or cyclic N) is 1. The number of hydrogen-bond acceptors (Lipinski definition) is 4. The molecule has 1 amide bonds. The molecule has 1 saturated heterocycles. The molecule has 0 radical (unpaired) electrons. The highest BCUT2D eigenvalue weighted by atomic mass is 16.5. The lowest BCUT2D eigenvalue weighted by molar-refractivity contribution is -0.151. The van der Waals surface area contributed by atoms with Gasteiger partial charge in [0.05, 0.1) is 13.2 Å². The predicted molar refractivity (Wildman–Crippen MR) is 68.5 cm³/mol. The number of amides is 1. The van der Waals surface area contributed by atoms with Crippen molar-refractivity contribution in [3.8, 4) is 0 Å². The van der Waals surface area contributed by atoms with Crippen molar-refractivity contribution in [1.82, 2.24) is 4.90 Å². The standard InChI is InChI=1S/C14H17NO4/c1-14(13(18)19-2)8-11(16)9-15(14)12(17)10-6-4-3-5-7-10/h3-7,11,16H,8-9H2,1-2H3/t11-,14?/m1/s1. The molecule has 5 heteroatoms. The maximum atomic E-state index is 12.4. The minimum atomic E-state index is -1.11. The van der Waals surface area contributed by atoms with Crippen molar-refractivity contribution >= 4 is 11.9 Å². The Bertz CT molecular complexity index is 487. The molecule has 1 aromatic rings. The largest absolute Gasteiger partial charge is 0.467 e. The first-order chi connectivity index (χ1) is 8.99. The van der Waals surface area contributed by atoms with Gasteiger partial charge in [-0.1, -0.05) is 18.2 Å². The molecule has 0 saturated carbocycles. The minimum absolute atomic E-state index is 0.138. The predicted octanol–water partition coefficient (Wildman–Crippen LogP) is 0.825. The summed E-state index contributed by atoms with van der Waals surface area (Å²) in [6, 6.07) is 8.70. The van der Waals surface area contributed by atoms with E-state index in [0.29, 0.717) is 5.56 Å². The Labute approximate surface area is 111 Å². The Hall–Kier alpha value is -1.88. The second-order valence-corrected chi connectivity index (χ2v) is 4.91. The summed E-state index contributed by atoms with van der Waals surface area (Å²) in [5, 5.41) is 9.77. The summed E-state index contributed by atoms with van der Waals surface area (Å²) < 4.78 is 4.76. The molecule has 1 N–H and O–H groups in total. The van der Waals surface area contributed by atoms with Crippen LogP contribution >= 0.6 is 0 Å². The van der Waals surface area contributed by atoms with Gasteiger partial charge in [0.25, 0.3) is 5.91 Å². The van der Waals surface area contributed by atoms with Crippen molar-refractivity contribution in [3.05, 3.63) is 35.9 Å². The van der Waals surface area contributed by atoms with E-state index in [0.717, 1.165) is 0 Å². The maximum absolute atomic E-state index is 12.4. The van der Waals surface area contributed by atoms with Gasteiger partial charge in [-0.25, -0.2) is 4.79 Å². The van der Waals surface area contributed by atoms with Gasteiger partial charge in [0.2, 0.25) is 0 Å². The number of ether oxygens (including phenoxy) is 1. The lowest BCUT2D eigenvalue weighted by atomic mass is 9.97. The first-order valence-corrected chi connectivity index (χ1v) is 6.12. The van der Waals surface area contributed by atoms with E-state index in [1.165, 1.54) is 12.0 Å². The summed E-state index contributed by atoms with van der Waals surface area (Å²) in [5.74, 6) is -0.779. The topological polar surface area (TPSA) is 66.8 Å². The van der Waals surface area contributed by atoms with Gasteiger partial charge in [0, 0.05) is 18.5 Å². The third kappa shape index (κ3) is 2.33. The molecule has 0 bridgehead atoms. The summed E-state index contributed by atoms with van der Waals surface area (Å²) in [5.41, 5.74) is -0.618. The van der Waals surface area contributed by atoms with Gasteiger partial charge in [0.1, 0.15) is 5.54 Å². The number of benzene rings is 1. The van der Waals surface area contributed by atoms with E-state index in [2.05, 4.69) is 0 Å². The second-order valence-electron chi connectivity index (χ2n) is 4.91. The zero-order valence-electron chi connectivity index (χ0n) is 11.0. The first-order valence-electron chi connectivity index (χ1n) is 6.12. The number of carbonyl (C=O) groups excluding carboxylic acids is 2. The van der Waals surface area contributed by atoms with Crippen LogP contribution in [0.15, 0.2) is 30.3 Å². The molecule has 1 aliphatic rings. The molecular weight excluding hydrogens is 246 g/mol. The highest BCUT2D eigenvalue weighted by molar-refractivity contribution is 5.98. The van der Waals surface area contributed by atoms with Crippen LogP contribution in [0.25, 0.3) is 0 Å². The van der Waals surface area contributed by atoms with Gasteiger partial charge < -0.3 is 14.7 Å². The maximum Gasteiger partial charge on any atom is 0.331 e. The van der Waals surface area contributed by atoms with Gasteiger partial charge in [-0.05, 0) is 19.1 Å². The van der Waals surface area contributed by atoms with Gasteiger partial charge in [0.15, 0.2) is 0 Å². The van der Waals surface area contributed by atoms with Crippen molar-refractivity contribution in [3.63, 3.8) is 0 Å². The number of aliphatic hydroxyl groups excluding tert-OH is 1. The third-order valence-electron chi connectivity index (χ3n) is 3.51. The molecule has 1 aliphatic heterocycles. The van der Waals surface area contributed by atoms with Crippen LogP contribution in [-0.4, -0.2) is 47.2 Å². The molecular formula is C14H17NO4. The molecule has 0 aliphatic carbocycles. The van der Waals surface area contributed by atoms with Crippen LogP contribution in [0.1, 0.15) is 23.7 Å². The second kappa shape index (κ2) is 5.01. The number of methoxy groups -OCH3 is 1. The van der Waals surface area contributed by atoms with Crippen molar-refractivity contribution in [2.75, 3.05) is 13.7 Å². The van der Waals surface area contributed by atoms with Gasteiger partial charge in [-0.2, -0.15) is 0 Å². The molecule has 2 atom stereocenters. The molecule has 102 valence electrons.